The highest BCUT2D eigenvalue weighted by Crippen LogP contribution is 2.45. The third kappa shape index (κ3) is 6.72. The van der Waals surface area contributed by atoms with Crippen molar-refractivity contribution in [1.29, 1.82) is 0 Å². The van der Waals surface area contributed by atoms with Crippen molar-refractivity contribution < 1.29 is 14.1 Å². The number of carbonyl (C=O) groups is 1. The molecule has 1 N–H and O–H groups in total. The lowest BCUT2D eigenvalue weighted by molar-refractivity contribution is -0.145. The molecule has 0 radical (unpaired) electrons. The van der Waals surface area contributed by atoms with Crippen LogP contribution in [-0.4, -0.2) is 12.6 Å². The predicted octanol–water partition coefficient (Wildman–Crippen LogP) is 6.39. The lowest BCUT2D eigenvalue weighted by atomic mass is 9.90. The van der Waals surface area contributed by atoms with Crippen molar-refractivity contribution in [3.05, 3.63) is 94.5 Å². The third-order valence-corrected chi connectivity index (χ3v) is 8.99. The number of nitrogens with one attached hydrogen (secondary N) is 1. The Hall–Kier alpha value is -2.68. The molecule has 1 atom stereocenters. The number of esters is 1. The van der Waals surface area contributed by atoms with Gasteiger partial charge in [-0.3, -0.25) is 9.36 Å². The Balaban J connectivity index is 2.16. The summed E-state index contributed by atoms with van der Waals surface area (Å²) in [5.41, 5.74) is 4.17. The van der Waals surface area contributed by atoms with E-state index in [4.69, 9.17) is 4.74 Å². The quantitative estimate of drug-likeness (QED) is 0.203. The van der Waals surface area contributed by atoms with Crippen LogP contribution in [0, 0.1) is 27.7 Å². The number of hydrogen-bond donors (Lipinski definition) is 1. The maximum absolute atomic E-state index is 15.2. The topological polar surface area (TPSA) is 55.4 Å². The average molecular weight is 492 g/mol. The largest absolute Gasteiger partial charge is 0.466 e. The molecule has 5 heteroatoms. The molecule has 3 rings (SSSR count). The van der Waals surface area contributed by atoms with Crippen LogP contribution in [0.15, 0.2) is 66.7 Å². The Kier molecular flexibility index (Phi) is 8.74. The predicted molar refractivity (Wildman–Crippen MR) is 146 cm³/mol. The summed E-state index contributed by atoms with van der Waals surface area (Å²) in [5, 5.41) is 5.02. The van der Waals surface area contributed by atoms with Crippen molar-refractivity contribution in [2.24, 2.45) is 0 Å². The monoisotopic (exact) mass is 491 g/mol. The molecular formula is C30H38NO3P. The maximum atomic E-state index is 15.2. The molecule has 0 bridgehead atoms. The number of unbranched alkanes of at least 4 members (excludes halogenated alkanes) is 1. The van der Waals surface area contributed by atoms with Gasteiger partial charge in [-0.05, 0) is 70.9 Å². The molecular weight excluding hydrogens is 453 g/mol. The van der Waals surface area contributed by atoms with E-state index in [2.05, 4.69) is 24.1 Å². The first-order valence-corrected chi connectivity index (χ1v) is 14.0. The van der Waals surface area contributed by atoms with E-state index in [1.165, 1.54) is 0 Å². The lowest BCUT2D eigenvalue weighted by Gasteiger charge is -2.36. The third-order valence-electron chi connectivity index (χ3n) is 6.21. The van der Waals surface area contributed by atoms with Crippen LogP contribution in [0.25, 0.3) is 0 Å². The van der Waals surface area contributed by atoms with Gasteiger partial charge in [-0.25, -0.2) is 5.09 Å². The van der Waals surface area contributed by atoms with Gasteiger partial charge in [0.15, 0.2) is 0 Å². The van der Waals surface area contributed by atoms with Crippen molar-refractivity contribution in [1.82, 2.24) is 5.09 Å². The molecule has 4 nitrogen and oxygen atoms in total. The highest BCUT2D eigenvalue weighted by molar-refractivity contribution is 7.77. The van der Waals surface area contributed by atoms with E-state index >= 15 is 4.57 Å². The molecule has 0 heterocycles. The summed E-state index contributed by atoms with van der Waals surface area (Å²) in [5.74, 6) is -0.301. The molecule has 3 aromatic carbocycles. The van der Waals surface area contributed by atoms with Gasteiger partial charge in [0.05, 0.1) is 18.6 Å². The Labute approximate surface area is 210 Å². The van der Waals surface area contributed by atoms with Crippen LogP contribution in [-0.2, 0) is 19.6 Å². The highest BCUT2D eigenvalue weighted by atomic mass is 31.2. The Morgan fingerprint density at radius 3 is 1.80 bits per heavy atom. The molecule has 3 aromatic rings. The van der Waals surface area contributed by atoms with Gasteiger partial charge in [0.2, 0.25) is 7.29 Å². The van der Waals surface area contributed by atoms with E-state index in [9.17, 15) is 4.79 Å². The summed E-state index contributed by atoms with van der Waals surface area (Å²) < 4.78 is 20.7. The van der Waals surface area contributed by atoms with Crippen LogP contribution in [0.2, 0.25) is 0 Å². The maximum Gasteiger partial charge on any atom is 0.308 e. The van der Waals surface area contributed by atoms with E-state index in [0.29, 0.717) is 6.61 Å². The summed E-state index contributed by atoms with van der Waals surface area (Å²) in [4.78, 5) is 12.9. The van der Waals surface area contributed by atoms with Gasteiger partial charge in [0, 0.05) is 10.6 Å². The van der Waals surface area contributed by atoms with Crippen molar-refractivity contribution in [3.8, 4) is 0 Å². The molecule has 0 aliphatic carbocycles. The zero-order valence-electron chi connectivity index (χ0n) is 21.9. The van der Waals surface area contributed by atoms with Crippen LogP contribution in [0.5, 0.6) is 0 Å². The van der Waals surface area contributed by atoms with Crippen LogP contribution < -0.4 is 15.7 Å². The number of carbonyl (C=O) groups excluding carboxylic acids is 1. The normalized spacial score (nSPS) is 13.3. The number of aryl methyl sites for hydroxylation is 4. The van der Waals surface area contributed by atoms with E-state index in [-0.39, 0.29) is 12.4 Å². The summed E-state index contributed by atoms with van der Waals surface area (Å²) in [6, 6.07) is 21.9. The van der Waals surface area contributed by atoms with Gasteiger partial charge in [-0.2, -0.15) is 0 Å². The highest BCUT2D eigenvalue weighted by Gasteiger charge is 2.40. The summed E-state index contributed by atoms with van der Waals surface area (Å²) in [6.45, 7) is 12.5. The minimum atomic E-state index is -3.36. The number of ether oxygens (including phenoxy) is 1. The van der Waals surface area contributed by atoms with Crippen LogP contribution in [0.4, 0.5) is 0 Å². The molecule has 0 saturated carbocycles. The fourth-order valence-electron chi connectivity index (χ4n) is 4.57. The summed E-state index contributed by atoms with van der Waals surface area (Å²) in [7, 11) is -3.36. The second kappa shape index (κ2) is 11.4. The van der Waals surface area contributed by atoms with Crippen LogP contribution >= 0.6 is 7.29 Å². The molecule has 0 aromatic heterocycles. The Morgan fingerprint density at radius 1 is 0.857 bits per heavy atom. The minimum Gasteiger partial charge on any atom is -0.466 e. The van der Waals surface area contributed by atoms with Gasteiger partial charge in [0.1, 0.15) is 0 Å². The number of hydrogen-bond acceptors (Lipinski definition) is 3. The lowest BCUT2D eigenvalue weighted by Crippen LogP contribution is -2.44. The molecule has 0 aliphatic rings. The SMILES string of the molecule is CCCCOC(=O)CC(C)(NP(=O)(c1cc(C)cc(C)c1)c1cc(C)cc(C)c1)c1ccccc1. The van der Waals surface area contributed by atoms with Crippen LogP contribution in [0.1, 0.15) is 60.9 Å². The summed E-state index contributed by atoms with van der Waals surface area (Å²) in [6.07, 6.45) is 1.85. The summed E-state index contributed by atoms with van der Waals surface area (Å²) >= 11 is 0. The van der Waals surface area contributed by atoms with Crippen molar-refractivity contribution in [2.75, 3.05) is 6.61 Å². The molecule has 0 saturated heterocycles. The van der Waals surface area contributed by atoms with Gasteiger partial charge in [0.25, 0.3) is 0 Å². The molecule has 0 amide bonds. The zero-order valence-corrected chi connectivity index (χ0v) is 22.7. The number of rotatable bonds is 10. The first-order chi connectivity index (χ1) is 16.6. The molecule has 186 valence electrons. The van der Waals surface area contributed by atoms with Crippen molar-refractivity contribution in [2.45, 2.75) is 66.3 Å². The molecule has 0 fully saturated rings. The van der Waals surface area contributed by atoms with Gasteiger partial charge in [-0.15, -0.1) is 0 Å². The average Bonchev–Trinajstić information content (AvgIpc) is 2.78. The van der Waals surface area contributed by atoms with E-state index in [1.54, 1.807) is 0 Å². The number of benzene rings is 3. The second-order valence-corrected chi connectivity index (χ2v) is 12.3. The van der Waals surface area contributed by atoms with E-state index < -0.39 is 12.8 Å². The molecule has 0 spiro atoms. The minimum absolute atomic E-state index is 0.0698. The zero-order chi connectivity index (χ0) is 25.6. The van der Waals surface area contributed by atoms with Gasteiger partial charge in [-0.1, -0.05) is 78.1 Å². The molecule has 0 aliphatic heterocycles. The fraction of sp³-hybridized carbons (Fsp3) is 0.367. The standard InChI is InChI=1S/C30H38NO3P/c1-7-8-14-34-29(32)21-30(6,26-12-10-9-11-13-26)31-35(33,27-17-22(2)15-23(3)18-27)28-19-24(4)16-25(5)20-28/h9-13,15-20H,7-8,14,21H2,1-6H3,(H,31,33). The van der Waals surface area contributed by atoms with E-state index in [1.807, 2.05) is 89.2 Å². The first-order valence-electron chi connectivity index (χ1n) is 12.3. The smallest absolute Gasteiger partial charge is 0.308 e. The Bertz CT molecular complexity index is 1130. The Morgan fingerprint density at radius 2 is 1.34 bits per heavy atom. The van der Waals surface area contributed by atoms with Crippen molar-refractivity contribution in [3.63, 3.8) is 0 Å². The van der Waals surface area contributed by atoms with Gasteiger partial charge < -0.3 is 4.74 Å². The molecule has 35 heavy (non-hydrogen) atoms. The fourth-order valence-corrected chi connectivity index (χ4v) is 7.57. The first kappa shape index (κ1) is 26.9. The molecule has 1 unspecified atom stereocenters. The van der Waals surface area contributed by atoms with E-state index in [0.717, 1.165) is 51.3 Å². The van der Waals surface area contributed by atoms with Crippen LogP contribution in [0.3, 0.4) is 0 Å². The second-order valence-electron chi connectivity index (χ2n) is 9.86. The van der Waals surface area contributed by atoms with Crippen molar-refractivity contribution >= 4 is 23.9 Å². The van der Waals surface area contributed by atoms with Gasteiger partial charge >= 0.3 is 5.97 Å².